The molecule has 3 aliphatic rings. The molecule has 2 fully saturated rings. The number of carbonyl (C=O) groups is 3. The molecular formula is C18H22ClN3O3. The molecule has 2 N–H and O–H groups in total. The fraction of sp³-hybridized carbons (Fsp3) is 0.500. The Balaban J connectivity index is 0.00000182. The van der Waals surface area contributed by atoms with Gasteiger partial charge in [0.15, 0.2) is 0 Å². The zero-order chi connectivity index (χ0) is 16.7. The van der Waals surface area contributed by atoms with Crippen LogP contribution in [0.3, 0.4) is 0 Å². The van der Waals surface area contributed by atoms with E-state index in [1.807, 2.05) is 12.1 Å². The number of imide groups is 1. The summed E-state index contributed by atoms with van der Waals surface area (Å²) in [5, 5.41) is 5.86. The minimum Gasteiger partial charge on any atom is -0.322 e. The van der Waals surface area contributed by atoms with Crippen molar-refractivity contribution in [3.8, 4) is 0 Å². The second-order valence-electron chi connectivity index (χ2n) is 6.82. The van der Waals surface area contributed by atoms with Gasteiger partial charge >= 0.3 is 0 Å². The number of carbonyl (C=O) groups excluding carboxylic acids is 3. The Morgan fingerprint density at radius 2 is 1.92 bits per heavy atom. The zero-order valence-electron chi connectivity index (χ0n) is 13.9. The lowest BCUT2D eigenvalue weighted by Crippen LogP contribution is -2.52. The van der Waals surface area contributed by atoms with Crippen molar-refractivity contribution in [2.24, 2.45) is 0 Å². The maximum Gasteiger partial charge on any atom is 0.255 e. The third kappa shape index (κ3) is 3.28. The summed E-state index contributed by atoms with van der Waals surface area (Å²) in [5.41, 5.74) is 2.88. The number of nitrogens with zero attached hydrogens (tertiary/aromatic N) is 1. The van der Waals surface area contributed by atoms with Gasteiger partial charge in [0, 0.05) is 24.6 Å². The largest absolute Gasteiger partial charge is 0.322 e. The van der Waals surface area contributed by atoms with Crippen molar-refractivity contribution in [2.75, 3.05) is 6.54 Å². The first-order chi connectivity index (χ1) is 11.6. The van der Waals surface area contributed by atoms with Gasteiger partial charge in [-0.15, -0.1) is 12.4 Å². The van der Waals surface area contributed by atoms with Crippen molar-refractivity contribution in [1.29, 1.82) is 0 Å². The Labute approximate surface area is 152 Å². The normalized spacial score (nSPS) is 26.1. The summed E-state index contributed by atoms with van der Waals surface area (Å²) >= 11 is 0. The molecule has 1 aromatic rings. The lowest BCUT2D eigenvalue weighted by atomic mass is 9.95. The van der Waals surface area contributed by atoms with E-state index in [0.717, 1.165) is 18.5 Å². The van der Waals surface area contributed by atoms with E-state index in [-0.39, 0.29) is 36.5 Å². The van der Waals surface area contributed by atoms with E-state index in [1.54, 1.807) is 4.90 Å². The van der Waals surface area contributed by atoms with Crippen LogP contribution in [0.2, 0.25) is 0 Å². The number of hydrogen-bond donors (Lipinski definition) is 2. The number of nitrogens with one attached hydrogen (secondary N) is 2. The molecule has 3 heterocycles. The third-order valence-corrected chi connectivity index (χ3v) is 5.26. The standard InChI is InChI=1S/C18H21N3O3.ClH/c22-16-7-6-15(17(23)20-16)21-10-12-9-11(4-5-13(12)18(21)24)14-3-1-2-8-19-14;/h4-5,9,14-15,19H,1-3,6-8,10H2,(H,20,22,23);1H. The summed E-state index contributed by atoms with van der Waals surface area (Å²) in [6, 6.07) is 5.81. The van der Waals surface area contributed by atoms with E-state index < -0.39 is 6.04 Å². The Hall–Kier alpha value is -1.92. The van der Waals surface area contributed by atoms with Crippen molar-refractivity contribution < 1.29 is 14.4 Å². The van der Waals surface area contributed by atoms with Gasteiger partial charge in [0.25, 0.3) is 5.91 Å². The molecule has 0 saturated carbocycles. The maximum absolute atomic E-state index is 12.7. The summed E-state index contributed by atoms with van der Waals surface area (Å²) in [5.74, 6) is -0.727. The first-order valence-corrected chi connectivity index (χ1v) is 8.64. The number of fused-ring (bicyclic) bond motifs is 1. The molecule has 0 aromatic heterocycles. The Bertz CT molecular complexity index is 716. The lowest BCUT2D eigenvalue weighted by Gasteiger charge is -2.29. The molecule has 25 heavy (non-hydrogen) atoms. The van der Waals surface area contributed by atoms with Crippen molar-refractivity contribution in [1.82, 2.24) is 15.5 Å². The third-order valence-electron chi connectivity index (χ3n) is 5.26. The van der Waals surface area contributed by atoms with E-state index in [4.69, 9.17) is 0 Å². The molecule has 3 amide bonds. The van der Waals surface area contributed by atoms with Gasteiger partial charge in [-0.2, -0.15) is 0 Å². The van der Waals surface area contributed by atoms with Crippen LogP contribution in [0, 0.1) is 0 Å². The average molecular weight is 364 g/mol. The monoisotopic (exact) mass is 363 g/mol. The highest BCUT2D eigenvalue weighted by Gasteiger charge is 2.39. The van der Waals surface area contributed by atoms with E-state index >= 15 is 0 Å². The minimum absolute atomic E-state index is 0. The van der Waals surface area contributed by atoms with Crippen molar-refractivity contribution in [2.45, 2.75) is 50.7 Å². The molecule has 0 radical (unpaired) electrons. The number of rotatable bonds is 2. The van der Waals surface area contributed by atoms with E-state index in [0.29, 0.717) is 24.6 Å². The maximum atomic E-state index is 12.7. The molecule has 2 saturated heterocycles. The Morgan fingerprint density at radius 3 is 2.64 bits per heavy atom. The molecule has 3 aliphatic heterocycles. The number of amides is 3. The predicted molar refractivity (Wildman–Crippen MR) is 94.3 cm³/mol. The lowest BCUT2D eigenvalue weighted by molar-refractivity contribution is -0.136. The van der Waals surface area contributed by atoms with Crippen LogP contribution >= 0.6 is 12.4 Å². The predicted octanol–water partition coefficient (Wildman–Crippen LogP) is 1.68. The second-order valence-corrected chi connectivity index (χ2v) is 6.82. The summed E-state index contributed by atoms with van der Waals surface area (Å²) in [6.07, 6.45) is 4.23. The van der Waals surface area contributed by atoms with Crippen LogP contribution in [0.4, 0.5) is 0 Å². The molecule has 4 rings (SSSR count). The van der Waals surface area contributed by atoms with E-state index in [9.17, 15) is 14.4 Å². The smallest absolute Gasteiger partial charge is 0.255 e. The van der Waals surface area contributed by atoms with Gasteiger partial charge in [0.1, 0.15) is 6.04 Å². The number of piperidine rings is 2. The Kier molecular flexibility index (Phi) is 5.11. The van der Waals surface area contributed by atoms with Gasteiger partial charge < -0.3 is 10.2 Å². The van der Waals surface area contributed by atoms with E-state index in [2.05, 4.69) is 16.7 Å². The fourth-order valence-corrected chi connectivity index (χ4v) is 3.95. The van der Waals surface area contributed by atoms with Crippen molar-refractivity contribution >= 4 is 30.1 Å². The van der Waals surface area contributed by atoms with Crippen molar-refractivity contribution in [3.63, 3.8) is 0 Å². The van der Waals surface area contributed by atoms with Gasteiger partial charge in [-0.3, -0.25) is 19.7 Å². The Morgan fingerprint density at radius 1 is 1.08 bits per heavy atom. The minimum atomic E-state index is -0.543. The van der Waals surface area contributed by atoms with Crippen molar-refractivity contribution in [3.05, 3.63) is 34.9 Å². The quantitative estimate of drug-likeness (QED) is 0.784. The van der Waals surface area contributed by atoms with E-state index in [1.165, 1.54) is 18.4 Å². The van der Waals surface area contributed by atoms with Crippen LogP contribution in [-0.4, -0.2) is 35.2 Å². The van der Waals surface area contributed by atoms with Crippen LogP contribution in [0.15, 0.2) is 18.2 Å². The number of halogens is 1. The van der Waals surface area contributed by atoms with Gasteiger partial charge in [0.2, 0.25) is 11.8 Å². The number of benzene rings is 1. The highest BCUT2D eigenvalue weighted by molar-refractivity contribution is 6.05. The van der Waals surface area contributed by atoms with Gasteiger partial charge in [-0.05, 0) is 43.0 Å². The highest BCUT2D eigenvalue weighted by atomic mass is 35.5. The van der Waals surface area contributed by atoms with Gasteiger partial charge in [0.05, 0.1) is 0 Å². The molecule has 6 nitrogen and oxygen atoms in total. The molecule has 134 valence electrons. The van der Waals surface area contributed by atoms with Crippen LogP contribution in [0.5, 0.6) is 0 Å². The molecule has 7 heteroatoms. The molecule has 2 atom stereocenters. The molecular weight excluding hydrogens is 342 g/mol. The molecule has 0 aliphatic carbocycles. The van der Waals surface area contributed by atoms with Crippen LogP contribution in [-0.2, 0) is 16.1 Å². The highest BCUT2D eigenvalue weighted by Crippen LogP contribution is 2.31. The van der Waals surface area contributed by atoms with Crippen LogP contribution < -0.4 is 10.6 Å². The molecule has 1 aromatic carbocycles. The van der Waals surface area contributed by atoms with Crippen LogP contribution in [0.1, 0.15) is 59.6 Å². The summed E-state index contributed by atoms with van der Waals surface area (Å²) in [6.45, 7) is 1.48. The van der Waals surface area contributed by atoms with Gasteiger partial charge in [-0.1, -0.05) is 18.6 Å². The fourth-order valence-electron chi connectivity index (χ4n) is 3.95. The van der Waals surface area contributed by atoms with Crippen LogP contribution in [0.25, 0.3) is 0 Å². The second kappa shape index (κ2) is 7.14. The number of hydrogen-bond acceptors (Lipinski definition) is 4. The SMILES string of the molecule is Cl.O=C1CCC(N2Cc3cc(C4CCCCN4)ccc3C2=O)C(=O)N1. The summed E-state index contributed by atoms with van der Waals surface area (Å²) in [4.78, 5) is 37.6. The average Bonchev–Trinajstić information content (AvgIpc) is 2.92. The summed E-state index contributed by atoms with van der Waals surface area (Å²) < 4.78 is 0. The molecule has 0 spiro atoms. The molecule has 0 bridgehead atoms. The molecule has 2 unspecified atom stereocenters. The first kappa shape index (κ1) is 17.9. The first-order valence-electron chi connectivity index (χ1n) is 8.64. The topological polar surface area (TPSA) is 78.5 Å². The zero-order valence-corrected chi connectivity index (χ0v) is 14.7. The summed E-state index contributed by atoms with van der Waals surface area (Å²) in [7, 11) is 0. The van der Waals surface area contributed by atoms with Gasteiger partial charge in [-0.25, -0.2) is 0 Å².